The molecule has 1 heterocycles. The summed E-state index contributed by atoms with van der Waals surface area (Å²) in [5.74, 6) is 2.09. The number of thiocarbonyl (C=S) groups is 1. The Hall–Kier alpha value is -2.51. The SMILES string of the molecule is CCN1C(=O)/C(=C/c2ccc(OCCOc3ccccc3OC)cc2)SC1=S. The molecule has 5 nitrogen and oxygen atoms in total. The number of para-hydroxylation sites is 2. The topological polar surface area (TPSA) is 48.0 Å². The van der Waals surface area contributed by atoms with Gasteiger partial charge in [0.25, 0.3) is 5.91 Å². The van der Waals surface area contributed by atoms with E-state index in [1.54, 1.807) is 12.0 Å². The second-order valence-corrected chi connectivity index (χ2v) is 7.52. The molecular weight excluding hydrogens is 394 g/mol. The number of thioether (sulfide) groups is 1. The highest BCUT2D eigenvalue weighted by molar-refractivity contribution is 8.26. The average molecular weight is 416 g/mol. The first-order chi connectivity index (χ1) is 13.6. The van der Waals surface area contributed by atoms with Crippen molar-refractivity contribution >= 4 is 40.3 Å². The van der Waals surface area contributed by atoms with E-state index in [0.29, 0.717) is 40.5 Å². The molecule has 0 bridgehead atoms. The Bertz CT molecular complexity index is 880. The van der Waals surface area contributed by atoms with E-state index in [0.717, 1.165) is 11.3 Å². The van der Waals surface area contributed by atoms with E-state index in [1.165, 1.54) is 11.8 Å². The Kier molecular flexibility index (Phi) is 6.95. The van der Waals surface area contributed by atoms with E-state index in [1.807, 2.05) is 61.5 Å². The zero-order valence-electron chi connectivity index (χ0n) is 15.7. The highest BCUT2D eigenvalue weighted by Gasteiger charge is 2.30. The van der Waals surface area contributed by atoms with Gasteiger partial charge >= 0.3 is 0 Å². The van der Waals surface area contributed by atoms with E-state index >= 15 is 0 Å². The first kappa shape index (κ1) is 20.2. The fourth-order valence-electron chi connectivity index (χ4n) is 2.63. The molecule has 1 fully saturated rings. The first-order valence-corrected chi connectivity index (χ1v) is 10.1. The standard InChI is InChI=1S/C21H21NO4S2/c1-3-22-20(23)19(28-21(22)27)14-15-8-10-16(11-9-15)25-12-13-26-18-7-5-4-6-17(18)24-2/h4-11,14H,3,12-13H2,1-2H3/b19-14-. The third kappa shape index (κ3) is 4.85. The summed E-state index contributed by atoms with van der Waals surface area (Å²) in [5.41, 5.74) is 0.925. The van der Waals surface area contributed by atoms with Gasteiger partial charge in [-0.25, -0.2) is 0 Å². The van der Waals surface area contributed by atoms with Crippen molar-refractivity contribution in [2.24, 2.45) is 0 Å². The van der Waals surface area contributed by atoms with E-state index in [2.05, 4.69) is 0 Å². The van der Waals surface area contributed by atoms with E-state index in [4.69, 9.17) is 26.4 Å². The Morgan fingerprint density at radius 2 is 1.71 bits per heavy atom. The van der Waals surface area contributed by atoms with Crippen LogP contribution in [0.15, 0.2) is 53.4 Å². The zero-order chi connectivity index (χ0) is 19.9. The van der Waals surface area contributed by atoms with E-state index in [-0.39, 0.29) is 5.91 Å². The number of ether oxygens (including phenoxy) is 3. The van der Waals surface area contributed by atoms with Crippen LogP contribution >= 0.6 is 24.0 Å². The number of rotatable bonds is 8. The van der Waals surface area contributed by atoms with Crippen LogP contribution in [0.25, 0.3) is 6.08 Å². The summed E-state index contributed by atoms with van der Waals surface area (Å²) in [4.78, 5) is 14.5. The van der Waals surface area contributed by atoms with Crippen molar-refractivity contribution in [2.75, 3.05) is 26.9 Å². The molecular formula is C21H21NO4S2. The molecule has 0 spiro atoms. The number of hydrogen-bond donors (Lipinski definition) is 0. The molecule has 0 radical (unpaired) electrons. The lowest BCUT2D eigenvalue weighted by Crippen LogP contribution is -2.27. The molecule has 146 valence electrons. The van der Waals surface area contributed by atoms with Gasteiger partial charge in [-0.15, -0.1) is 0 Å². The third-order valence-electron chi connectivity index (χ3n) is 4.05. The highest BCUT2D eigenvalue weighted by Crippen LogP contribution is 2.32. The molecule has 0 atom stereocenters. The van der Waals surface area contributed by atoms with Gasteiger partial charge < -0.3 is 14.2 Å². The molecule has 0 aromatic heterocycles. The van der Waals surface area contributed by atoms with Crippen LogP contribution < -0.4 is 14.2 Å². The number of amides is 1. The van der Waals surface area contributed by atoms with Crippen LogP contribution in [0.1, 0.15) is 12.5 Å². The van der Waals surface area contributed by atoms with Gasteiger partial charge in [-0.3, -0.25) is 9.69 Å². The quantitative estimate of drug-likeness (QED) is 0.362. The number of likely N-dealkylation sites (N-methyl/N-ethyl adjacent to an activating group) is 1. The minimum absolute atomic E-state index is 0.0358. The maximum absolute atomic E-state index is 12.3. The molecule has 1 aliphatic rings. The predicted octanol–water partition coefficient (Wildman–Crippen LogP) is 4.37. The lowest BCUT2D eigenvalue weighted by molar-refractivity contribution is -0.121. The van der Waals surface area contributed by atoms with Crippen molar-refractivity contribution in [1.29, 1.82) is 0 Å². The summed E-state index contributed by atoms with van der Waals surface area (Å²) in [5, 5.41) is 0. The van der Waals surface area contributed by atoms with Gasteiger partial charge in [0.2, 0.25) is 0 Å². The lowest BCUT2D eigenvalue weighted by atomic mass is 10.2. The number of carbonyl (C=O) groups excluding carboxylic acids is 1. The largest absolute Gasteiger partial charge is 0.493 e. The molecule has 0 N–H and O–H groups in total. The van der Waals surface area contributed by atoms with Crippen molar-refractivity contribution in [3.63, 3.8) is 0 Å². The molecule has 7 heteroatoms. The summed E-state index contributed by atoms with van der Waals surface area (Å²) >= 11 is 6.56. The van der Waals surface area contributed by atoms with Gasteiger partial charge in [0.05, 0.1) is 12.0 Å². The van der Waals surface area contributed by atoms with Crippen molar-refractivity contribution < 1.29 is 19.0 Å². The van der Waals surface area contributed by atoms with Crippen LogP contribution in [0.2, 0.25) is 0 Å². The van der Waals surface area contributed by atoms with Crippen LogP contribution in [-0.2, 0) is 4.79 Å². The number of carbonyl (C=O) groups is 1. The summed E-state index contributed by atoms with van der Waals surface area (Å²) < 4.78 is 17.3. The molecule has 0 aliphatic carbocycles. The second-order valence-electron chi connectivity index (χ2n) is 5.84. The predicted molar refractivity (Wildman–Crippen MR) is 116 cm³/mol. The van der Waals surface area contributed by atoms with Gasteiger partial charge in [-0.1, -0.05) is 48.2 Å². The highest BCUT2D eigenvalue weighted by atomic mass is 32.2. The lowest BCUT2D eigenvalue weighted by Gasteiger charge is -2.11. The fourth-order valence-corrected chi connectivity index (χ4v) is 4.02. The van der Waals surface area contributed by atoms with Crippen LogP contribution in [0.3, 0.4) is 0 Å². The minimum atomic E-state index is -0.0358. The molecule has 2 aromatic carbocycles. The van der Waals surface area contributed by atoms with Crippen LogP contribution in [0.5, 0.6) is 17.2 Å². The van der Waals surface area contributed by atoms with Gasteiger partial charge in [-0.05, 0) is 42.8 Å². The number of nitrogens with zero attached hydrogens (tertiary/aromatic N) is 1. The molecule has 3 rings (SSSR count). The Labute approximate surface area is 174 Å². The van der Waals surface area contributed by atoms with Crippen molar-refractivity contribution in [3.8, 4) is 17.2 Å². The fraction of sp³-hybridized carbons (Fsp3) is 0.238. The van der Waals surface area contributed by atoms with Gasteiger partial charge in [-0.2, -0.15) is 0 Å². The molecule has 1 saturated heterocycles. The first-order valence-electron chi connectivity index (χ1n) is 8.86. The average Bonchev–Trinajstić information content (AvgIpc) is 2.99. The number of hydrogen-bond acceptors (Lipinski definition) is 6. The smallest absolute Gasteiger partial charge is 0.266 e. The van der Waals surface area contributed by atoms with Crippen molar-refractivity contribution in [2.45, 2.75) is 6.92 Å². The van der Waals surface area contributed by atoms with Crippen LogP contribution in [0.4, 0.5) is 0 Å². The molecule has 2 aromatic rings. The second kappa shape index (κ2) is 9.61. The van der Waals surface area contributed by atoms with Gasteiger partial charge in [0.15, 0.2) is 11.5 Å². The molecule has 0 unspecified atom stereocenters. The Morgan fingerprint density at radius 1 is 1.04 bits per heavy atom. The molecule has 1 aliphatic heterocycles. The van der Waals surface area contributed by atoms with Crippen molar-refractivity contribution in [1.82, 2.24) is 4.90 Å². The third-order valence-corrected chi connectivity index (χ3v) is 5.42. The summed E-state index contributed by atoms with van der Waals surface area (Å²) in [6, 6.07) is 15.1. The van der Waals surface area contributed by atoms with Crippen LogP contribution in [-0.4, -0.2) is 42.0 Å². The maximum Gasteiger partial charge on any atom is 0.266 e. The summed E-state index contributed by atoms with van der Waals surface area (Å²) in [6.07, 6.45) is 1.85. The Morgan fingerprint density at radius 3 is 2.36 bits per heavy atom. The van der Waals surface area contributed by atoms with E-state index < -0.39 is 0 Å². The summed E-state index contributed by atoms with van der Waals surface area (Å²) in [6.45, 7) is 3.32. The van der Waals surface area contributed by atoms with Gasteiger partial charge in [0, 0.05) is 6.54 Å². The van der Waals surface area contributed by atoms with Gasteiger partial charge in [0.1, 0.15) is 23.3 Å². The van der Waals surface area contributed by atoms with Crippen LogP contribution in [0, 0.1) is 0 Å². The minimum Gasteiger partial charge on any atom is -0.493 e. The number of methoxy groups -OCH3 is 1. The summed E-state index contributed by atoms with van der Waals surface area (Å²) in [7, 11) is 1.61. The normalized spacial score (nSPS) is 15.2. The zero-order valence-corrected chi connectivity index (χ0v) is 17.3. The molecule has 28 heavy (non-hydrogen) atoms. The Balaban J connectivity index is 1.52. The molecule has 0 saturated carbocycles. The molecule has 1 amide bonds. The van der Waals surface area contributed by atoms with E-state index in [9.17, 15) is 4.79 Å². The monoisotopic (exact) mass is 415 g/mol. The number of benzene rings is 2. The maximum atomic E-state index is 12.3. The van der Waals surface area contributed by atoms with Crippen molar-refractivity contribution in [3.05, 3.63) is 59.0 Å².